The van der Waals surface area contributed by atoms with E-state index in [1.54, 1.807) is 7.11 Å². The summed E-state index contributed by atoms with van der Waals surface area (Å²) in [5.74, 6) is 0.878. The number of hydrogen-bond acceptors (Lipinski definition) is 4. The molecule has 0 radical (unpaired) electrons. The molecule has 1 aromatic rings. The Morgan fingerprint density at radius 2 is 2.00 bits per heavy atom. The number of ether oxygens (including phenoxy) is 2. The molecule has 0 amide bonds. The zero-order valence-corrected chi connectivity index (χ0v) is 11.8. The fraction of sp³-hybridized carbons (Fsp3) is 0.533. The van der Waals surface area contributed by atoms with Crippen molar-refractivity contribution in [2.75, 3.05) is 33.9 Å². The van der Waals surface area contributed by atoms with E-state index in [0.29, 0.717) is 6.61 Å². The zero-order chi connectivity index (χ0) is 13.8. The Balaban J connectivity index is 2.17. The zero-order valence-electron chi connectivity index (χ0n) is 11.8. The minimum atomic E-state index is -0.0901. The van der Waals surface area contributed by atoms with Gasteiger partial charge in [0, 0.05) is 19.0 Å². The van der Waals surface area contributed by atoms with Gasteiger partial charge in [-0.25, -0.2) is 0 Å². The van der Waals surface area contributed by atoms with Gasteiger partial charge in [0.1, 0.15) is 5.75 Å². The van der Waals surface area contributed by atoms with Crippen molar-refractivity contribution in [2.24, 2.45) is 5.92 Å². The molecule has 104 valence electrons. The van der Waals surface area contributed by atoms with Gasteiger partial charge in [-0.05, 0) is 31.7 Å². The Bertz CT molecular complexity index is 430. The quantitative estimate of drug-likeness (QED) is 0.778. The van der Waals surface area contributed by atoms with Crippen LogP contribution < -0.4 is 4.74 Å². The number of rotatable bonds is 4. The number of esters is 1. The maximum Gasteiger partial charge on any atom is 0.310 e. The number of hydrogen-bond donors (Lipinski definition) is 0. The summed E-state index contributed by atoms with van der Waals surface area (Å²) in [5.41, 5.74) is 1.17. The van der Waals surface area contributed by atoms with Crippen LogP contribution >= 0.6 is 0 Å². The van der Waals surface area contributed by atoms with Gasteiger partial charge in [-0.1, -0.05) is 12.1 Å². The topological polar surface area (TPSA) is 38.8 Å². The second-order valence-electron chi connectivity index (χ2n) is 4.96. The van der Waals surface area contributed by atoms with E-state index in [0.717, 1.165) is 18.8 Å². The minimum absolute atomic E-state index is 0.0710. The van der Waals surface area contributed by atoms with Crippen molar-refractivity contribution >= 4 is 5.97 Å². The summed E-state index contributed by atoms with van der Waals surface area (Å²) in [6.07, 6.45) is 0. The number of benzene rings is 1. The van der Waals surface area contributed by atoms with Crippen LogP contribution in [0.15, 0.2) is 24.3 Å². The molecular formula is C15H21NO3. The van der Waals surface area contributed by atoms with Crippen molar-refractivity contribution in [1.29, 1.82) is 0 Å². The number of carbonyl (C=O) groups excluding carboxylic acids is 1. The molecule has 0 aromatic heterocycles. The first-order valence-corrected chi connectivity index (χ1v) is 6.64. The second-order valence-corrected chi connectivity index (χ2v) is 4.96. The minimum Gasteiger partial charge on any atom is -0.497 e. The van der Waals surface area contributed by atoms with Crippen molar-refractivity contribution in [1.82, 2.24) is 4.90 Å². The molecule has 0 bridgehead atoms. The van der Waals surface area contributed by atoms with Gasteiger partial charge in [0.25, 0.3) is 0 Å². The largest absolute Gasteiger partial charge is 0.497 e. The summed E-state index contributed by atoms with van der Waals surface area (Å²) in [7, 11) is 3.69. The molecule has 0 aliphatic carbocycles. The van der Waals surface area contributed by atoms with Crippen molar-refractivity contribution in [2.45, 2.75) is 12.8 Å². The Morgan fingerprint density at radius 1 is 1.32 bits per heavy atom. The van der Waals surface area contributed by atoms with Gasteiger partial charge in [-0.15, -0.1) is 0 Å². The summed E-state index contributed by atoms with van der Waals surface area (Å²) in [5, 5.41) is 0. The first-order valence-electron chi connectivity index (χ1n) is 6.64. The highest BCUT2D eigenvalue weighted by Crippen LogP contribution is 2.33. The maximum atomic E-state index is 12.0. The van der Waals surface area contributed by atoms with Crippen LogP contribution in [0.4, 0.5) is 0 Å². The summed E-state index contributed by atoms with van der Waals surface area (Å²) in [6, 6.07) is 7.95. The first kappa shape index (κ1) is 13.9. The molecule has 2 rings (SSSR count). The summed E-state index contributed by atoms with van der Waals surface area (Å²) >= 11 is 0. The number of likely N-dealkylation sites (N-methyl/N-ethyl adjacent to an activating group) is 1. The monoisotopic (exact) mass is 263 g/mol. The Hall–Kier alpha value is -1.55. The van der Waals surface area contributed by atoms with Crippen LogP contribution in [0.25, 0.3) is 0 Å². The van der Waals surface area contributed by atoms with Crippen LogP contribution in [-0.4, -0.2) is 44.7 Å². The third kappa shape index (κ3) is 3.07. The summed E-state index contributed by atoms with van der Waals surface area (Å²) in [6.45, 7) is 3.93. The van der Waals surface area contributed by atoms with E-state index in [4.69, 9.17) is 9.47 Å². The molecule has 0 saturated carbocycles. The van der Waals surface area contributed by atoms with Gasteiger partial charge in [0.05, 0.1) is 19.6 Å². The first-order chi connectivity index (χ1) is 9.15. The predicted molar refractivity (Wildman–Crippen MR) is 73.4 cm³/mol. The van der Waals surface area contributed by atoms with E-state index in [2.05, 4.69) is 4.90 Å². The molecule has 2 unspecified atom stereocenters. The fourth-order valence-corrected chi connectivity index (χ4v) is 2.68. The van der Waals surface area contributed by atoms with Gasteiger partial charge in [0.15, 0.2) is 0 Å². The highest BCUT2D eigenvalue weighted by atomic mass is 16.5. The molecule has 1 fully saturated rings. The lowest BCUT2D eigenvalue weighted by molar-refractivity contribution is -0.147. The molecule has 1 aromatic carbocycles. The van der Waals surface area contributed by atoms with Gasteiger partial charge in [-0.3, -0.25) is 4.79 Å². The summed E-state index contributed by atoms with van der Waals surface area (Å²) in [4.78, 5) is 14.2. The van der Waals surface area contributed by atoms with E-state index < -0.39 is 0 Å². The van der Waals surface area contributed by atoms with E-state index in [9.17, 15) is 4.79 Å². The lowest BCUT2D eigenvalue weighted by atomic mass is 9.89. The Kier molecular flexibility index (Phi) is 4.43. The average Bonchev–Trinajstić information content (AvgIpc) is 2.81. The van der Waals surface area contributed by atoms with Crippen molar-refractivity contribution in [3.8, 4) is 5.75 Å². The number of carbonyl (C=O) groups is 1. The lowest BCUT2D eigenvalue weighted by Gasteiger charge is -2.17. The lowest BCUT2D eigenvalue weighted by Crippen LogP contribution is -2.24. The molecule has 1 aliphatic heterocycles. The molecule has 1 saturated heterocycles. The van der Waals surface area contributed by atoms with Crippen LogP contribution in [-0.2, 0) is 9.53 Å². The predicted octanol–water partition coefficient (Wildman–Crippen LogP) is 1.90. The number of methoxy groups -OCH3 is 1. The molecule has 4 heteroatoms. The van der Waals surface area contributed by atoms with Crippen molar-refractivity contribution in [3.63, 3.8) is 0 Å². The molecule has 4 nitrogen and oxygen atoms in total. The van der Waals surface area contributed by atoms with Crippen molar-refractivity contribution < 1.29 is 14.3 Å². The third-order valence-corrected chi connectivity index (χ3v) is 3.64. The molecule has 2 atom stereocenters. The molecule has 0 N–H and O–H groups in total. The number of likely N-dealkylation sites (tertiary alicyclic amines) is 1. The van der Waals surface area contributed by atoms with Crippen LogP contribution in [0.2, 0.25) is 0 Å². The standard InChI is InChI=1S/C15H21NO3/c1-4-19-15(17)14-10-16(2)9-13(14)11-5-7-12(18-3)8-6-11/h5-8,13-14H,4,9-10H2,1-3H3. The maximum absolute atomic E-state index is 12.0. The van der Waals surface area contributed by atoms with Crippen molar-refractivity contribution in [3.05, 3.63) is 29.8 Å². The van der Waals surface area contributed by atoms with Crippen LogP contribution in [0.1, 0.15) is 18.4 Å². The SMILES string of the molecule is CCOC(=O)C1CN(C)CC1c1ccc(OC)cc1. The van der Waals surface area contributed by atoms with Crippen LogP contribution in [0, 0.1) is 5.92 Å². The van der Waals surface area contributed by atoms with Crippen LogP contribution in [0.5, 0.6) is 5.75 Å². The van der Waals surface area contributed by atoms with Gasteiger partial charge in [0.2, 0.25) is 0 Å². The van der Waals surface area contributed by atoms with Gasteiger partial charge < -0.3 is 14.4 Å². The highest BCUT2D eigenvalue weighted by Gasteiger charge is 2.37. The molecular weight excluding hydrogens is 242 g/mol. The Labute approximate surface area is 114 Å². The molecule has 1 aliphatic rings. The second kappa shape index (κ2) is 6.06. The van der Waals surface area contributed by atoms with E-state index in [1.165, 1.54) is 5.56 Å². The molecule has 0 spiro atoms. The van der Waals surface area contributed by atoms with Gasteiger partial charge >= 0.3 is 5.97 Å². The van der Waals surface area contributed by atoms with E-state index >= 15 is 0 Å². The van der Waals surface area contributed by atoms with E-state index in [1.807, 2.05) is 38.2 Å². The number of nitrogens with zero attached hydrogens (tertiary/aromatic N) is 1. The van der Waals surface area contributed by atoms with Crippen LogP contribution in [0.3, 0.4) is 0 Å². The smallest absolute Gasteiger partial charge is 0.310 e. The third-order valence-electron chi connectivity index (χ3n) is 3.64. The molecule has 19 heavy (non-hydrogen) atoms. The van der Waals surface area contributed by atoms with E-state index in [-0.39, 0.29) is 17.8 Å². The van der Waals surface area contributed by atoms with Gasteiger partial charge in [-0.2, -0.15) is 0 Å². The molecule has 1 heterocycles. The summed E-state index contributed by atoms with van der Waals surface area (Å²) < 4.78 is 10.3. The fourth-order valence-electron chi connectivity index (χ4n) is 2.68. The Morgan fingerprint density at radius 3 is 2.58 bits per heavy atom. The average molecular weight is 263 g/mol. The highest BCUT2D eigenvalue weighted by molar-refractivity contribution is 5.74. The normalized spacial score (nSPS) is 23.3.